The summed E-state index contributed by atoms with van der Waals surface area (Å²) in [5, 5.41) is 3.23. The highest BCUT2D eigenvalue weighted by Gasteiger charge is 2.49. The maximum Gasteiger partial charge on any atom is 0.113 e. The second kappa shape index (κ2) is 3.31. The van der Waals surface area contributed by atoms with Crippen LogP contribution in [0.25, 0.3) is 0 Å². The van der Waals surface area contributed by atoms with E-state index < -0.39 is 0 Å². The molecule has 2 N–H and O–H groups in total. The van der Waals surface area contributed by atoms with Crippen LogP contribution in [-0.2, 0) is 5.54 Å². The third-order valence-corrected chi connectivity index (χ3v) is 4.53. The average molecular weight is 210 g/mol. The Hall–Kier alpha value is -0.410. The number of hydrogen-bond donors (Lipinski definition) is 1. The van der Waals surface area contributed by atoms with E-state index in [0.717, 1.165) is 23.0 Å². The molecule has 1 saturated carbocycles. The van der Waals surface area contributed by atoms with Gasteiger partial charge in [-0.25, -0.2) is 4.98 Å². The van der Waals surface area contributed by atoms with Gasteiger partial charge in [-0.05, 0) is 31.6 Å². The van der Waals surface area contributed by atoms with E-state index in [1.807, 2.05) is 6.92 Å². The fourth-order valence-corrected chi connectivity index (χ4v) is 3.23. The molecule has 1 heterocycles. The second-order valence-electron chi connectivity index (χ2n) is 4.51. The third-order valence-electron chi connectivity index (χ3n) is 3.37. The summed E-state index contributed by atoms with van der Waals surface area (Å²) in [4.78, 5) is 4.54. The summed E-state index contributed by atoms with van der Waals surface area (Å²) in [5.41, 5.74) is 7.42. The minimum atomic E-state index is -0.154. The van der Waals surface area contributed by atoms with E-state index in [0.29, 0.717) is 5.92 Å². The molecular weight excluding hydrogens is 192 g/mol. The molecular formula is C11H18N2S. The van der Waals surface area contributed by atoms with Crippen LogP contribution >= 0.6 is 11.3 Å². The molecule has 0 spiro atoms. The lowest BCUT2D eigenvalue weighted by Gasteiger charge is -2.26. The first-order valence-electron chi connectivity index (χ1n) is 5.29. The molecule has 3 unspecified atom stereocenters. The summed E-state index contributed by atoms with van der Waals surface area (Å²) in [6.07, 6.45) is 2.26. The summed E-state index contributed by atoms with van der Waals surface area (Å²) in [5.74, 6) is 1.43. The zero-order chi connectivity index (χ0) is 10.3. The SMILES string of the molecule is CCC(N)(c1nc(C)cs1)C1CC1C. The quantitative estimate of drug-likeness (QED) is 0.833. The van der Waals surface area contributed by atoms with Crippen LogP contribution in [0, 0.1) is 18.8 Å². The van der Waals surface area contributed by atoms with Crippen LogP contribution in [0.3, 0.4) is 0 Å². The lowest BCUT2D eigenvalue weighted by Crippen LogP contribution is -2.38. The first kappa shape index (κ1) is 10.1. The largest absolute Gasteiger partial charge is 0.319 e. The van der Waals surface area contributed by atoms with Crippen molar-refractivity contribution in [3.63, 3.8) is 0 Å². The van der Waals surface area contributed by atoms with E-state index in [-0.39, 0.29) is 5.54 Å². The van der Waals surface area contributed by atoms with Crippen molar-refractivity contribution in [3.8, 4) is 0 Å². The zero-order valence-corrected chi connectivity index (χ0v) is 9.90. The molecule has 1 aromatic rings. The van der Waals surface area contributed by atoms with Crippen LogP contribution in [0.1, 0.15) is 37.4 Å². The summed E-state index contributed by atoms with van der Waals surface area (Å²) in [6.45, 7) is 6.48. The van der Waals surface area contributed by atoms with Crippen molar-refractivity contribution in [1.29, 1.82) is 0 Å². The number of hydrogen-bond acceptors (Lipinski definition) is 3. The predicted octanol–water partition coefficient (Wildman–Crippen LogP) is 2.67. The maximum atomic E-state index is 6.48. The summed E-state index contributed by atoms with van der Waals surface area (Å²) in [7, 11) is 0. The Morgan fingerprint density at radius 3 is 2.71 bits per heavy atom. The second-order valence-corrected chi connectivity index (χ2v) is 5.37. The highest BCUT2D eigenvalue weighted by molar-refractivity contribution is 7.09. The molecule has 1 aliphatic rings. The Balaban J connectivity index is 2.28. The van der Waals surface area contributed by atoms with Crippen molar-refractivity contribution in [1.82, 2.24) is 4.98 Å². The number of aryl methyl sites for hydroxylation is 1. The third kappa shape index (κ3) is 1.48. The van der Waals surface area contributed by atoms with Gasteiger partial charge in [0.2, 0.25) is 0 Å². The van der Waals surface area contributed by atoms with E-state index >= 15 is 0 Å². The molecule has 1 aromatic heterocycles. The summed E-state index contributed by atoms with van der Waals surface area (Å²) < 4.78 is 0. The molecule has 2 nitrogen and oxygen atoms in total. The van der Waals surface area contributed by atoms with Gasteiger partial charge >= 0.3 is 0 Å². The molecule has 0 amide bonds. The Labute approximate surface area is 89.5 Å². The summed E-state index contributed by atoms with van der Waals surface area (Å²) >= 11 is 1.72. The van der Waals surface area contributed by atoms with Gasteiger partial charge in [-0.15, -0.1) is 11.3 Å². The molecule has 78 valence electrons. The van der Waals surface area contributed by atoms with Gasteiger partial charge in [0.1, 0.15) is 5.01 Å². The van der Waals surface area contributed by atoms with Crippen LogP contribution in [0.4, 0.5) is 0 Å². The number of rotatable bonds is 3. The van der Waals surface area contributed by atoms with Gasteiger partial charge in [-0.1, -0.05) is 13.8 Å². The van der Waals surface area contributed by atoms with E-state index in [2.05, 4.69) is 24.2 Å². The first-order valence-corrected chi connectivity index (χ1v) is 6.17. The Morgan fingerprint density at radius 1 is 1.71 bits per heavy atom. The molecule has 1 aliphatic carbocycles. The van der Waals surface area contributed by atoms with Gasteiger partial charge in [0.25, 0.3) is 0 Å². The first-order chi connectivity index (χ1) is 6.58. The highest BCUT2D eigenvalue weighted by Crippen LogP contribution is 2.51. The smallest absolute Gasteiger partial charge is 0.113 e. The molecule has 0 saturated heterocycles. The zero-order valence-electron chi connectivity index (χ0n) is 9.08. The van der Waals surface area contributed by atoms with E-state index in [1.165, 1.54) is 6.42 Å². The van der Waals surface area contributed by atoms with Crippen molar-refractivity contribution in [2.45, 2.75) is 39.2 Å². The maximum absolute atomic E-state index is 6.48. The van der Waals surface area contributed by atoms with Crippen LogP contribution in [0.15, 0.2) is 5.38 Å². The van der Waals surface area contributed by atoms with E-state index in [4.69, 9.17) is 5.73 Å². The predicted molar refractivity (Wildman–Crippen MR) is 60.3 cm³/mol. The van der Waals surface area contributed by atoms with Gasteiger partial charge in [0.05, 0.1) is 5.54 Å². The van der Waals surface area contributed by atoms with Crippen molar-refractivity contribution >= 4 is 11.3 Å². The molecule has 3 atom stereocenters. The fourth-order valence-electron chi connectivity index (χ4n) is 2.18. The Morgan fingerprint density at radius 2 is 2.36 bits per heavy atom. The minimum Gasteiger partial charge on any atom is -0.319 e. The topological polar surface area (TPSA) is 38.9 Å². The van der Waals surface area contributed by atoms with Gasteiger partial charge in [0, 0.05) is 11.1 Å². The Bertz CT molecular complexity index is 334. The number of thiazole rings is 1. The monoisotopic (exact) mass is 210 g/mol. The van der Waals surface area contributed by atoms with Crippen LogP contribution < -0.4 is 5.73 Å². The van der Waals surface area contributed by atoms with Crippen molar-refractivity contribution < 1.29 is 0 Å². The Kier molecular flexibility index (Phi) is 2.40. The van der Waals surface area contributed by atoms with E-state index in [1.54, 1.807) is 11.3 Å². The number of nitrogens with two attached hydrogens (primary N) is 1. The molecule has 0 aliphatic heterocycles. The molecule has 0 bridgehead atoms. The average Bonchev–Trinajstić information content (AvgIpc) is 2.73. The standard InChI is InChI=1S/C11H18N2S/c1-4-11(12,9-5-7(9)2)10-13-8(3)6-14-10/h6-7,9H,4-5,12H2,1-3H3. The van der Waals surface area contributed by atoms with Crippen molar-refractivity contribution in [3.05, 3.63) is 16.1 Å². The molecule has 2 rings (SSSR count). The number of nitrogens with zero attached hydrogens (tertiary/aromatic N) is 1. The molecule has 1 fully saturated rings. The lowest BCUT2D eigenvalue weighted by molar-refractivity contribution is 0.352. The summed E-state index contributed by atoms with van der Waals surface area (Å²) in [6, 6.07) is 0. The van der Waals surface area contributed by atoms with E-state index in [9.17, 15) is 0 Å². The lowest BCUT2D eigenvalue weighted by atomic mass is 9.91. The fraction of sp³-hybridized carbons (Fsp3) is 0.727. The van der Waals surface area contributed by atoms with Gasteiger partial charge in [0.15, 0.2) is 0 Å². The molecule has 3 heteroatoms. The van der Waals surface area contributed by atoms with Gasteiger partial charge < -0.3 is 5.73 Å². The molecule has 0 radical (unpaired) electrons. The normalized spacial score (nSPS) is 30.0. The number of aromatic nitrogens is 1. The van der Waals surface area contributed by atoms with Crippen LogP contribution in [-0.4, -0.2) is 4.98 Å². The van der Waals surface area contributed by atoms with Gasteiger partial charge in [-0.3, -0.25) is 0 Å². The van der Waals surface area contributed by atoms with Crippen molar-refractivity contribution in [2.75, 3.05) is 0 Å². The van der Waals surface area contributed by atoms with Crippen LogP contribution in [0.5, 0.6) is 0 Å². The molecule has 14 heavy (non-hydrogen) atoms. The highest BCUT2D eigenvalue weighted by atomic mass is 32.1. The van der Waals surface area contributed by atoms with Crippen LogP contribution in [0.2, 0.25) is 0 Å². The van der Waals surface area contributed by atoms with Gasteiger partial charge in [-0.2, -0.15) is 0 Å². The molecule has 0 aromatic carbocycles. The minimum absolute atomic E-state index is 0.154. The van der Waals surface area contributed by atoms with Crippen molar-refractivity contribution in [2.24, 2.45) is 17.6 Å².